The molecule has 0 aromatic heterocycles. The van der Waals surface area contributed by atoms with Crippen LogP contribution in [-0.2, 0) is 0 Å². The van der Waals surface area contributed by atoms with Crippen LogP contribution in [0.5, 0.6) is 0 Å². The number of aliphatic hydroxyl groups is 1. The Bertz CT molecular complexity index is 623. The molecule has 100 valence electrons. The van der Waals surface area contributed by atoms with Crippen molar-refractivity contribution >= 4 is 0 Å². The Labute approximate surface area is 109 Å². The molecule has 0 heterocycles. The van der Waals surface area contributed by atoms with Crippen molar-refractivity contribution in [1.82, 2.24) is 0 Å². The number of halogens is 3. The molecule has 0 aliphatic rings. The highest BCUT2D eigenvalue weighted by atomic mass is 19.2. The van der Waals surface area contributed by atoms with Gasteiger partial charge < -0.3 is 5.11 Å². The minimum atomic E-state index is -1.57. The molecule has 1 atom stereocenters. The van der Waals surface area contributed by atoms with Crippen LogP contribution in [0.1, 0.15) is 28.4 Å². The van der Waals surface area contributed by atoms with Crippen molar-refractivity contribution in [3.05, 3.63) is 70.0 Å². The monoisotopic (exact) mass is 266 g/mol. The summed E-state index contributed by atoms with van der Waals surface area (Å²) in [5.74, 6) is -4.19. The van der Waals surface area contributed by atoms with Crippen molar-refractivity contribution in [3.63, 3.8) is 0 Å². The van der Waals surface area contributed by atoms with Gasteiger partial charge in [-0.15, -0.1) is 0 Å². The minimum Gasteiger partial charge on any atom is -0.384 e. The van der Waals surface area contributed by atoms with E-state index in [1.165, 1.54) is 0 Å². The highest BCUT2D eigenvalue weighted by molar-refractivity contribution is 5.38. The molecule has 0 aliphatic heterocycles. The van der Waals surface area contributed by atoms with Gasteiger partial charge in [0.25, 0.3) is 0 Å². The number of rotatable bonds is 2. The largest absolute Gasteiger partial charge is 0.384 e. The van der Waals surface area contributed by atoms with Crippen LogP contribution in [0.15, 0.2) is 30.3 Å². The van der Waals surface area contributed by atoms with Crippen LogP contribution in [0.25, 0.3) is 0 Å². The molecular formula is C15H13F3O. The first kappa shape index (κ1) is 13.6. The molecule has 0 fully saturated rings. The molecule has 0 radical (unpaired) electrons. The molecule has 19 heavy (non-hydrogen) atoms. The van der Waals surface area contributed by atoms with Crippen LogP contribution >= 0.6 is 0 Å². The molecule has 0 aliphatic carbocycles. The summed E-state index contributed by atoms with van der Waals surface area (Å²) in [5.41, 5.74) is 1.85. The third-order valence-electron chi connectivity index (χ3n) is 3.09. The van der Waals surface area contributed by atoms with Gasteiger partial charge in [-0.3, -0.25) is 0 Å². The Balaban J connectivity index is 2.53. The highest BCUT2D eigenvalue weighted by Gasteiger charge is 2.21. The molecule has 4 heteroatoms. The van der Waals surface area contributed by atoms with Crippen LogP contribution < -0.4 is 0 Å². The van der Waals surface area contributed by atoms with Crippen LogP contribution in [0, 0.1) is 31.3 Å². The molecule has 2 aromatic carbocycles. The molecule has 0 saturated heterocycles. The minimum absolute atomic E-state index is 0.271. The smallest absolute Gasteiger partial charge is 0.194 e. The third kappa shape index (κ3) is 2.49. The molecule has 2 rings (SSSR count). The van der Waals surface area contributed by atoms with Gasteiger partial charge in [-0.25, -0.2) is 13.2 Å². The molecular weight excluding hydrogens is 253 g/mol. The topological polar surface area (TPSA) is 20.2 Å². The fourth-order valence-electron chi connectivity index (χ4n) is 1.97. The van der Waals surface area contributed by atoms with Gasteiger partial charge in [-0.05, 0) is 31.0 Å². The fourth-order valence-corrected chi connectivity index (χ4v) is 1.97. The highest BCUT2D eigenvalue weighted by Crippen LogP contribution is 2.29. The van der Waals surface area contributed by atoms with Gasteiger partial charge in [-0.2, -0.15) is 0 Å². The lowest BCUT2D eigenvalue weighted by molar-refractivity contribution is 0.212. The van der Waals surface area contributed by atoms with Gasteiger partial charge in [-0.1, -0.05) is 29.8 Å². The average Bonchev–Trinajstić information content (AvgIpc) is 2.38. The van der Waals surface area contributed by atoms with Crippen LogP contribution in [-0.4, -0.2) is 5.11 Å². The van der Waals surface area contributed by atoms with Crippen LogP contribution in [0.2, 0.25) is 0 Å². The first-order valence-electron chi connectivity index (χ1n) is 5.80. The lowest BCUT2D eigenvalue weighted by atomic mass is 9.95. The van der Waals surface area contributed by atoms with Crippen LogP contribution in [0.3, 0.4) is 0 Å². The van der Waals surface area contributed by atoms with E-state index in [0.717, 1.165) is 23.3 Å². The molecule has 0 amide bonds. The van der Waals surface area contributed by atoms with Gasteiger partial charge >= 0.3 is 0 Å². The summed E-state index contributed by atoms with van der Waals surface area (Å²) < 4.78 is 39.7. The average molecular weight is 266 g/mol. The van der Waals surface area contributed by atoms with Gasteiger partial charge in [0.05, 0.1) is 0 Å². The van der Waals surface area contributed by atoms with E-state index in [2.05, 4.69) is 0 Å². The second kappa shape index (κ2) is 5.05. The van der Waals surface area contributed by atoms with E-state index in [1.54, 1.807) is 19.1 Å². The summed E-state index contributed by atoms with van der Waals surface area (Å²) in [7, 11) is 0. The molecule has 1 unspecified atom stereocenters. The fraction of sp³-hybridized carbons (Fsp3) is 0.200. The van der Waals surface area contributed by atoms with Gasteiger partial charge in [0, 0.05) is 5.56 Å². The first-order valence-corrected chi connectivity index (χ1v) is 5.80. The summed E-state index contributed by atoms with van der Waals surface area (Å²) in [5, 5.41) is 10.2. The van der Waals surface area contributed by atoms with E-state index >= 15 is 0 Å². The number of benzene rings is 2. The normalized spacial score (nSPS) is 12.5. The predicted molar refractivity (Wildman–Crippen MR) is 66.3 cm³/mol. The van der Waals surface area contributed by atoms with E-state index in [-0.39, 0.29) is 5.56 Å². The zero-order valence-electron chi connectivity index (χ0n) is 10.5. The van der Waals surface area contributed by atoms with E-state index in [4.69, 9.17) is 0 Å². The molecule has 1 N–H and O–H groups in total. The number of aryl methyl sites for hydroxylation is 2. The standard InChI is InChI=1S/C15H13F3O/c1-8-3-4-9(2)11(7-8)15(19)10-5-6-12(16)14(18)13(10)17/h3-7,15,19H,1-2H3. The summed E-state index contributed by atoms with van der Waals surface area (Å²) in [6, 6.07) is 7.20. The number of hydrogen-bond donors (Lipinski definition) is 1. The SMILES string of the molecule is Cc1ccc(C)c(C(O)c2ccc(F)c(F)c2F)c1. The summed E-state index contributed by atoms with van der Waals surface area (Å²) in [6.07, 6.45) is -1.32. The second-order valence-corrected chi connectivity index (χ2v) is 4.53. The Morgan fingerprint density at radius 3 is 2.26 bits per heavy atom. The zero-order valence-corrected chi connectivity index (χ0v) is 10.5. The number of aliphatic hydroxyl groups excluding tert-OH is 1. The molecule has 0 spiro atoms. The Hall–Kier alpha value is -1.81. The van der Waals surface area contributed by atoms with E-state index in [9.17, 15) is 18.3 Å². The Kier molecular flexibility index (Phi) is 3.62. The summed E-state index contributed by atoms with van der Waals surface area (Å²) in [6.45, 7) is 3.59. The maximum Gasteiger partial charge on any atom is 0.194 e. The Morgan fingerprint density at radius 2 is 1.58 bits per heavy atom. The lowest BCUT2D eigenvalue weighted by Crippen LogP contribution is -2.07. The maximum absolute atomic E-state index is 13.7. The van der Waals surface area contributed by atoms with E-state index in [0.29, 0.717) is 5.56 Å². The first-order chi connectivity index (χ1) is 8.91. The molecule has 1 nitrogen and oxygen atoms in total. The van der Waals surface area contributed by atoms with Gasteiger partial charge in [0.2, 0.25) is 0 Å². The van der Waals surface area contributed by atoms with Crippen molar-refractivity contribution in [2.75, 3.05) is 0 Å². The molecule has 0 bridgehead atoms. The van der Waals surface area contributed by atoms with Crippen molar-refractivity contribution in [2.24, 2.45) is 0 Å². The molecule has 2 aromatic rings. The summed E-state index contributed by atoms with van der Waals surface area (Å²) in [4.78, 5) is 0. The van der Waals surface area contributed by atoms with Crippen molar-refractivity contribution in [2.45, 2.75) is 20.0 Å². The van der Waals surface area contributed by atoms with Gasteiger partial charge in [0.1, 0.15) is 6.10 Å². The quantitative estimate of drug-likeness (QED) is 0.820. The zero-order chi connectivity index (χ0) is 14.2. The Morgan fingerprint density at radius 1 is 0.895 bits per heavy atom. The second-order valence-electron chi connectivity index (χ2n) is 4.53. The van der Waals surface area contributed by atoms with Gasteiger partial charge in [0.15, 0.2) is 17.5 Å². The predicted octanol–water partition coefficient (Wildman–Crippen LogP) is 3.80. The number of hydrogen-bond acceptors (Lipinski definition) is 1. The van der Waals surface area contributed by atoms with Crippen molar-refractivity contribution in [3.8, 4) is 0 Å². The van der Waals surface area contributed by atoms with Crippen molar-refractivity contribution < 1.29 is 18.3 Å². The van der Waals surface area contributed by atoms with Crippen LogP contribution in [0.4, 0.5) is 13.2 Å². The summed E-state index contributed by atoms with van der Waals surface area (Å²) >= 11 is 0. The maximum atomic E-state index is 13.7. The van der Waals surface area contributed by atoms with Crippen molar-refractivity contribution in [1.29, 1.82) is 0 Å². The molecule has 0 saturated carbocycles. The van der Waals surface area contributed by atoms with E-state index in [1.807, 2.05) is 13.0 Å². The van der Waals surface area contributed by atoms with E-state index < -0.39 is 23.6 Å². The third-order valence-corrected chi connectivity index (χ3v) is 3.09. The lowest BCUT2D eigenvalue weighted by Gasteiger charge is -2.16.